The molecule has 328 valence electrons. The van der Waals surface area contributed by atoms with Crippen LogP contribution in [0.3, 0.4) is 0 Å². The van der Waals surface area contributed by atoms with Crippen molar-refractivity contribution in [2.45, 2.75) is 124 Å². The summed E-state index contributed by atoms with van der Waals surface area (Å²) in [6.07, 6.45) is -11.6. The van der Waals surface area contributed by atoms with Crippen molar-refractivity contribution in [2.75, 3.05) is 13.7 Å². The molecule has 4 N–H and O–H groups in total. The average Bonchev–Trinajstić information content (AvgIpc) is 3.10. The number of benzene rings is 1. The lowest BCUT2D eigenvalue weighted by atomic mass is 9.98. The maximum absolute atomic E-state index is 13.4. The van der Waals surface area contributed by atoms with Crippen LogP contribution in [0.25, 0.3) is 0 Å². The first-order chi connectivity index (χ1) is 27.5. The number of nitrogens with zero attached hydrogens (tertiary/aromatic N) is 1. The highest BCUT2D eigenvalue weighted by Crippen LogP contribution is 2.36. The predicted octanol–water partition coefficient (Wildman–Crippen LogP) is 1.82. The van der Waals surface area contributed by atoms with Gasteiger partial charge in [-0.2, -0.15) is 0 Å². The van der Waals surface area contributed by atoms with Crippen molar-refractivity contribution in [3.8, 4) is 5.75 Å². The highest BCUT2D eigenvalue weighted by molar-refractivity contribution is 5.89. The minimum atomic E-state index is -1.78. The molecule has 1 aliphatic rings. The Morgan fingerprint density at radius 3 is 1.88 bits per heavy atom. The Labute approximate surface area is 339 Å². The van der Waals surface area contributed by atoms with Crippen molar-refractivity contribution in [3.05, 3.63) is 33.9 Å². The first kappa shape index (κ1) is 49.1. The normalized spacial score (nSPS) is 20.2. The third-order valence-electron chi connectivity index (χ3n) is 8.20. The van der Waals surface area contributed by atoms with Crippen LogP contribution in [-0.4, -0.2) is 109 Å². The van der Waals surface area contributed by atoms with Gasteiger partial charge in [0.1, 0.15) is 36.6 Å². The Kier molecular flexibility index (Phi) is 18.9. The summed E-state index contributed by atoms with van der Waals surface area (Å²) in [6.45, 7) is 10.7. The fourth-order valence-corrected chi connectivity index (χ4v) is 5.95. The number of nitrogens with two attached hydrogens (primary N) is 1. The van der Waals surface area contributed by atoms with Gasteiger partial charge < -0.3 is 54.3 Å². The van der Waals surface area contributed by atoms with Crippen molar-refractivity contribution >= 4 is 53.4 Å². The molecule has 22 nitrogen and oxygen atoms in total. The molecule has 1 unspecified atom stereocenters. The van der Waals surface area contributed by atoms with E-state index < -0.39 is 126 Å². The van der Waals surface area contributed by atoms with Gasteiger partial charge in [-0.3, -0.25) is 38.9 Å². The van der Waals surface area contributed by atoms with E-state index in [0.717, 1.165) is 53.0 Å². The SMILES string of the molecule is COC(=O)[C@H](CC(C)C)NC(=O)[C@H](CC(C)C)NC(=O)OC(CC(N)=O)c1cc(O[C@@H]2O[C@H](COC(C)=O)[C@@H](OC(C)=O)[C@H](OC(C)=O)[C@@H]2OC(C)=O)ccc1[N+](=O)[O-]. The fraction of sp³-hybridized carbons (Fsp3) is 0.622. The van der Waals surface area contributed by atoms with E-state index in [4.69, 9.17) is 43.6 Å². The van der Waals surface area contributed by atoms with Gasteiger partial charge in [0, 0.05) is 33.8 Å². The summed E-state index contributed by atoms with van der Waals surface area (Å²) < 4.78 is 43.4. The molecule has 1 heterocycles. The van der Waals surface area contributed by atoms with Crippen LogP contribution in [0.5, 0.6) is 5.75 Å². The topological polar surface area (TPSA) is 304 Å². The molecule has 0 spiro atoms. The molecule has 1 aliphatic heterocycles. The number of primary amides is 1. The first-order valence-electron chi connectivity index (χ1n) is 18.4. The van der Waals surface area contributed by atoms with Crippen molar-refractivity contribution in [3.63, 3.8) is 0 Å². The molecule has 59 heavy (non-hydrogen) atoms. The van der Waals surface area contributed by atoms with E-state index in [1.165, 1.54) is 0 Å². The van der Waals surface area contributed by atoms with Crippen molar-refractivity contribution in [1.29, 1.82) is 0 Å². The molecule has 1 aromatic rings. The van der Waals surface area contributed by atoms with E-state index in [2.05, 4.69) is 10.6 Å². The smallest absolute Gasteiger partial charge is 0.408 e. The fourth-order valence-electron chi connectivity index (χ4n) is 5.95. The van der Waals surface area contributed by atoms with Crippen LogP contribution in [0.4, 0.5) is 10.5 Å². The van der Waals surface area contributed by atoms with Crippen LogP contribution in [-0.2, 0) is 66.7 Å². The van der Waals surface area contributed by atoms with Gasteiger partial charge in [-0.05, 0) is 36.8 Å². The van der Waals surface area contributed by atoms with Crippen molar-refractivity contribution < 1.29 is 81.2 Å². The number of nitrogens with one attached hydrogen (secondary N) is 2. The summed E-state index contributed by atoms with van der Waals surface area (Å²) in [4.78, 5) is 111. The Hall–Kier alpha value is -6.06. The van der Waals surface area contributed by atoms with Crippen LogP contribution < -0.4 is 21.1 Å². The van der Waals surface area contributed by atoms with Gasteiger partial charge in [0.05, 0.1) is 24.0 Å². The van der Waals surface area contributed by atoms with E-state index >= 15 is 0 Å². The second kappa shape index (κ2) is 22.8. The van der Waals surface area contributed by atoms with Crippen molar-refractivity contribution in [1.82, 2.24) is 10.6 Å². The van der Waals surface area contributed by atoms with E-state index in [1.54, 1.807) is 13.8 Å². The number of esters is 5. The van der Waals surface area contributed by atoms with E-state index in [9.17, 15) is 48.5 Å². The quantitative estimate of drug-likeness (QED) is 0.0730. The minimum absolute atomic E-state index is 0.0293. The zero-order valence-electron chi connectivity index (χ0n) is 34.2. The number of alkyl carbamates (subject to hydrolysis) is 1. The maximum Gasteiger partial charge on any atom is 0.408 e. The molecular formula is C37H52N4O18. The number of hydrogen-bond donors (Lipinski definition) is 3. The zero-order chi connectivity index (χ0) is 44.7. The summed E-state index contributed by atoms with van der Waals surface area (Å²) in [5.41, 5.74) is 4.35. The number of carbonyl (C=O) groups is 8. The standard InChI is InChI=1S/C37H52N4O18/c1-17(2)12-25(34(47)39-26(13-18(3)4)35(48)52-9)40-37(49)59-28(15-30(38)46)24-14-23(10-11-27(24)41(50)51)57-36-33(56-22(8)45)32(55-21(7)44)31(54-20(6)43)29(58-36)16-53-19(5)42/h10-11,14,17-18,25-26,28-29,31-33,36H,12-13,15-16H2,1-9H3,(H2,38,46)(H,39,47)(H,40,49)/t25-,26-,28?,29+,31+,32-,33-,36+/m0/s1. The number of methoxy groups -OCH3 is 1. The van der Waals surface area contributed by atoms with Gasteiger partial charge in [0.2, 0.25) is 24.2 Å². The molecule has 0 aliphatic carbocycles. The number of nitro groups is 1. The molecule has 8 atom stereocenters. The summed E-state index contributed by atoms with van der Waals surface area (Å²) in [5.74, 6) is -6.51. The third-order valence-corrected chi connectivity index (χ3v) is 8.20. The molecule has 0 radical (unpaired) electrons. The zero-order valence-corrected chi connectivity index (χ0v) is 34.2. The number of amides is 3. The van der Waals surface area contributed by atoms with Crippen LogP contribution in [0, 0.1) is 22.0 Å². The minimum Gasteiger partial charge on any atom is -0.467 e. The largest absolute Gasteiger partial charge is 0.467 e. The summed E-state index contributed by atoms with van der Waals surface area (Å²) >= 11 is 0. The van der Waals surface area contributed by atoms with E-state index in [0.29, 0.717) is 0 Å². The highest BCUT2D eigenvalue weighted by atomic mass is 16.7. The van der Waals surface area contributed by atoms with E-state index in [1.807, 2.05) is 13.8 Å². The Morgan fingerprint density at radius 2 is 1.37 bits per heavy atom. The second-order valence-electron chi connectivity index (χ2n) is 14.3. The lowest BCUT2D eigenvalue weighted by molar-refractivity contribution is -0.386. The molecule has 2 rings (SSSR count). The van der Waals surface area contributed by atoms with Gasteiger partial charge in [0.15, 0.2) is 12.2 Å². The number of hydrogen-bond acceptors (Lipinski definition) is 18. The molecular weight excluding hydrogens is 788 g/mol. The Morgan fingerprint density at radius 1 is 0.814 bits per heavy atom. The molecule has 3 amide bonds. The van der Waals surface area contributed by atoms with Crippen LogP contribution in [0.2, 0.25) is 0 Å². The molecule has 1 aromatic carbocycles. The predicted molar refractivity (Wildman–Crippen MR) is 198 cm³/mol. The summed E-state index contributed by atoms with van der Waals surface area (Å²) in [5, 5.41) is 17.2. The third kappa shape index (κ3) is 16.0. The Bertz CT molecular complexity index is 1720. The number of carbonyl (C=O) groups excluding carboxylic acids is 8. The Balaban J connectivity index is 2.60. The molecule has 22 heteroatoms. The molecule has 1 saturated heterocycles. The van der Waals surface area contributed by atoms with Gasteiger partial charge in [-0.25, -0.2) is 9.59 Å². The molecule has 0 bridgehead atoms. The van der Waals surface area contributed by atoms with Crippen molar-refractivity contribution in [2.24, 2.45) is 17.6 Å². The molecule has 0 saturated carbocycles. The molecule has 1 fully saturated rings. The molecule has 0 aromatic heterocycles. The average molecular weight is 841 g/mol. The lowest BCUT2D eigenvalue weighted by Gasteiger charge is -2.43. The van der Waals surface area contributed by atoms with Crippen LogP contribution >= 0.6 is 0 Å². The summed E-state index contributed by atoms with van der Waals surface area (Å²) in [6, 6.07) is 0.675. The van der Waals surface area contributed by atoms with Gasteiger partial charge in [-0.15, -0.1) is 0 Å². The van der Waals surface area contributed by atoms with Gasteiger partial charge >= 0.3 is 35.9 Å². The number of nitro benzene ring substituents is 1. The first-order valence-corrected chi connectivity index (χ1v) is 18.4. The maximum atomic E-state index is 13.4. The van der Waals surface area contributed by atoms with Crippen LogP contribution in [0.15, 0.2) is 18.2 Å². The van der Waals surface area contributed by atoms with Gasteiger partial charge in [-0.1, -0.05) is 27.7 Å². The second-order valence-corrected chi connectivity index (χ2v) is 14.3. The monoisotopic (exact) mass is 840 g/mol. The summed E-state index contributed by atoms with van der Waals surface area (Å²) in [7, 11) is 1.16. The highest BCUT2D eigenvalue weighted by Gasteiger charge is 2.53. The van der Waals surface area contributed by atoms with E-state index in [-0.39, 0.29) is 30.4 Å². The number of rotatable bonds is 20. The lowest BCUT2D eigenvalue weighted by Crippen LogP contribution is -2.63. The van der Waals surface area contributed by atoms with Gasteiger partial charge in [0.25, 0.3) is 5.69 Å². The van der Waals surface area contributed by atoms with Crippen LogP contribution in [0.1, 0.15) is 86.3 Å². The number of ether oxygens (including phenoxy) is 8.